The van der Waals surface area contributed by atoms with Crippen molar-refractivity contribution < 1.29 is 4.79 Å². The molecule has 7 nitrogen and oxygen atoms in total. The Hall–Kier alpha value is -3.16. The van der Waals surface area contributed by atoms with Gasteiger partial charge in [-0.3, -0.25) is 14.2 Å². The molecule has 2 aromatic heterocycles. The minimum atomic E-state index is -0.178. The Morgan fingerprint density at radius 3 is 2.61 bits per heavy atom. The van der Waals surface area contributed by atoms with Crippen molar-refractivity contribution in [2.45, 2.75) is 19.5 Å². The van der Waals surface area contributed by atoms with E-state index in [1.165, 1.54) is 17.1 Å². The molecule has 0 saturated heterocycles. The van der Waals surface area contributed by atoms with Gasteiger partial charge in [-0.2, -0.15) is 5.10 Å². The molecule has 0 fully saturated rings. The Bertz CT molecular complexity index is 1280. The standard InChI is InChI=1S/C22H19Cl2N5O2/c23-17-6-4-15(5-7-17)11-20(30)25-8-9-29-21-19(12-27-29)22(31)28(14-26-21)13-16-2-1-3-18(24)10-16/h1-7,10,12,14H,8-9,11,13H2,(H,25,30). The van der Waals surface area contributed by atoms with Gasteiger partial charge in [0.05, 0.1) is 25.7 Å². The molecule has 0 aliphatic heterocycles. The molecule has 31 heavy (non-hydrogen) atoms. The number of aromatic nitrogens is 4. The van der Waals surface area contributed by atoms with Crippen LogP contribution in [-0.4, -0.2) is 31.8 Å². The van der Waals surface area contributed by atoms with Gasteiger partial charge in [0.25, 0.3) is 5.56 Å². The van der Waals surface area contributed by atoms with Crippen LogP contribution in [0.1, 0.15) is 11.1 Å². The summed E-state index contributed by atoms with van der Waals surface area (Å²) in [5, 5.41) is 8.80. The highest BCUT2D eigenvalue weighted by Crippen LogP contribution is 2.12. The third kappa shape index (κ3) is 5.13. The van der Waals surface area contributed by atoms with E-state index in [0.29, 0.717) is 40.7 Å². The molecule has 0 bridgehead atoms. The molecule has 4 aromatic rings. The number of amides is 1. The number of hydrogen-bond acceptors (Lipinski definition) is 4. The number of benzene rings is 2. The Labute approximate surface area is 188 Å². The molecule has 2 aromatic carbocycles. The van der Waals surface area contributed by atoms with Crippen LogP contribution in [-0.2, 0) is 24.3 Å². The summed E-state index contributed by atoms with van der Waals surface area (Å²) in [4.78, 5) is 29.3. The van der Waals surface area contributed by atoms with Gasteiger partial charge in [-0.15, -0.1) is 0 Å². The van der Waals surface area contributed by atoms with Crippen molar-refractivity contribution in [3.05, 3.63) is 92.6 Å². The Morgan fingerprint density at radius 1 is 1.03 bits per heavy atom. The van der Waals surface area contributed by atoms with Crippen LogP contribution in [0.5, 0.6) is 0 Å². The maximum Gasteiger partial charge on any atom is 0.264 e. The van der Waals surface area contributed by atoms with Gasteiger partial charge in [-0.25, -0.2) is 9.67 Å². The molecule has 4 rings (SSSR count). The Morgan fingerprint density at radius 2 is 1.84 bits per heavy atom. The van der Waals surface area contributed by atoms with E-state index in [1.807, 2.05) is 30.3 Å². The maximum atomic E-state index is 12.8. The van der Waals surface area contributed by atoms with Crippen LogP contribution in [0.4, 0.5) is 0 Å². The number of carbonyl (C=O) groups is 1. The largest absolute Gasteiger partial charge is 0.354 e. The van der Waals surface area contributed by atoms with E-state index >= 15 is 0 Å². The van der Waals surface area contributed by atoms with Crippen LogP contribution < -0.4 is 10.9 Å². The molecule has 0 unspecified atom stereocenters. The topological polar surface area (TPSA) is 81.8 Å². The first-order chi connectivity index (χ1) is 15.0. The first-order valence-electron chi connectivity index (χ1n) is 9.66. The first-order valence-corrected chi connectivity index (χ1v) is 10.4. The highest BCUT2D eigenvalue weighted by molar-refractivity contribution is 6.30. The van der Waals surface area contributed by atoms with Gasteiger partial charge in [-0.1, -0.05) is 47.5 Å². The van der Waals surface area contributed by atoms with Crippen molar-refractivity contribution in [2.24, 2.45) is 0 Å². The molecule has 0 aliphatic rings. The van der Waals surface area contributed by atoms with Gasteiger partial charge < -0.3 is 5.32 Å². The number of nitrogens with zero attached hydrogens (tertiary/aromatic N) is 4. The normalized spacial score (nSPS) is 11.0. The molecule has 9 heteroatoms. The smallest absolute Gasteiger partial charge is 0.264 e. The molecule has 1 N–H and O–H groups in total. The van der Waals surface area contributed by atoms with Crippen LogP contribution in [0.25, 0.3) is 11.0 Å². The Kier molecular flexibility index (Phi) is 6.34. The zero-order chi connectivity index (χ0) is 21.8. The van der Waals surface area contributed by atoms with Crippen molar-refractivity contribution in [1.29, 1.82) is 0 Å². The van der Waals surface area contributed by atoms with Crippen LogP contribution in [0.3, 0.4) is 0 Å². The van der Waals surface area contributed by atoms with Crippen molar-refractivity contribution in [2.75, 3.05) is 6.54 Å². The number of nitrogens with one attached hydrogen (secondary N) is 1. The van der Waals surface area contributed by atoms with Crippen LogP contribution >= 0.6 is 23.2 Å². The second-order valence-corrected chi connectivity index (χ2v) is 7.94. The van der Waals surface area contributed by atoms with Crippen molar-refractivity contribution in [3.8, 4) is 0 Å². The SMILES string of the molecule is O=C(Cc1ccc(Cl)cc1)NCCn1ncc2c(=O)n(Cc3cccc(Cl)c3)cnc21. The second kappa shape index (κ2) is 9.32. The average molecular weight is 456 g/mol. The molecule has 0 atom stereocenters. The number of halogens is 2. The zero-order valence-electron chi connectivity index (χ0n) is 16.5. The van der Waals surface area contributed by atoms with Crippen LogP contribution in [0, 0.1) is 0 Å². The van der Waals surface area contributed by atoms with Gasteiger partial charge in [0.1, 0.15) is 11.7 Å². The van der Waals surface area contributed by atoms with Gasteiger partial charge in [-0.05, 0) is 35.4 Å². The van der Waals surface area contributed by atoms with Crippen molar-refractivity contribution >= 4 is 40.1 Å². The van der Waals surface area contributed by atoms with Crippen LogP contribution in [0.15, 0.2) is 65.8 Å². The van der Waals surface area contributed by atoms with E-state index in [1.54, 1.807) is 22.9 Å². The second-order valence-electron chi connectivity index (χ2n) is 7.07. The van der Waals surface area contributed by atoms with Crippen molar-refractivity contribution in [3.63, 3.8) is 0 Å². The quantitative estimate of drug-likeness (QED) is 0.463. The lowest BCUT2D eigenvalue weighted by Gasteiger charge is -2.08. The van der Waals surface area contributed by atoms with E-state index in [0.717, 1.165) is 11.1 Å². The van der Waals surface area contributed by atoms with E-state index in [-0.39, 0.29) is 17.9 Å². The highest BCUT2D eigenvalue weighted by Gasteiger charge is 2.11. The monoisotopic (exact) mass is 455 g/mol. The summed E-state index contributed by atoms with van der Waals surface area (Å²) in [6.45, 7) is 1.14. The molecule has 1 amide bonds. The van der Waals surface area contributed by atoms with Gasteiger partial charge in [0, 0.05) is 16.6 Å². The summed E-state index contributed by atoms with van der Waals surface area (Å²) >= 11 is 11.9. The third-order valence-corrected chi connectivity index (χ3v) is 5.28. The lowest BCUT2D eigenvalue weighted by Crippen LogP contribution is -2.29. The molecule has 158 valence electrons. The van der Waals surface area contributed by atoms with Crippen LogP contribution in [0.2, 0.25) is 10.0 Å². The molecule has 0 aliphatic carbocycles. The molecule has 0 spiro atoms. The highest BCUT2D eigenvalue weighted by atomic mass is 35.5. The maximum absolute atomic E-state index is 12.8. The lowest BCUT2D eigenvalue weighted by atomic mass is 10.1. The third-order valence-electron chi connectivity index (χ3n) is 4.79. The summed E-state index contributed by atoms with van der Waals surface area (Å²) < 4.78 is 3.14. The van der Waals surface area contributed by atoms with Gasteiger partial charge in [0.2, 0.25) is 5.91 Å². The fourth-order valence-corrected chi connectivity index (χ4v) is 3.60. The van der Waals surface area contributed by atoms with E-state index in [9.17, 15) is 9.59 Å². The summed E-state index contributed by atoms with van der Waals surface area (Å²) in [6, 6.07) is 14.5. The van der Waals surface area contributed by atoms with Gasteiger partial charge in [0.15, 0.2) is 5.65 Å². The zero-order valence-corrected chi connectivity index (χ0v) is 18.0. The molecule has 2 heterocycles. The first kappa shape index (κ1) is 21.1. The number of fused-ring (bicyclic) bond motifs is 1. The predicted molar refractivity (Wildman–Crippen MR) is 121 cm³/mol. The summed E-state index contributed by atoms with van der Waals surface area (Å²) in [5.41, 5.74) is 2.10. The van der Waals surface area contributed by atoms with E-state index < -0.39 is 0 Å². The Balaban J connectivity index is 1.40. The number of hydrogen-bond donors (Lipinski definition) is 1. The van der Waals surface area contributed by atoms with E-state index in [2.05, 4.69) is 15.4 Å². The number of carbonyl (C=O) groups excluding carboxylic acids is 1. The fourth-order valence-electron chi connectivity index (χ4n) is 3.26. The lowest BCUT2D eigenvalue weighted by molar-refractivity contribution is -0.120. The average Bonchev–Trinajstić information content (AvgIpc) is 3.16. The van der Waals surface area contributed by atoms with Crippen molar-refractivity contribution in [1.82, 2.24) is 24.6 Å². The summed E-state index contributed by atoms with van der Waals surface area (Å²) in [5.74, 6) is -0.101. The molecule has 0 radical (unpaired) electrons. The summed E-state index contributed by atoms with van der Waals surface area (Å²) in [6.07, 6.45) is 3.28. The van der Waals surface area contributed by atoms with Gasteiger partial charge >= 0.3 is 0 Å². The molecular formula is C22H19Cl2N5O2. The number of rotatable bonds is 7. The van der Waals surface area contributed by atoms with E-state index in [4.69, 9.17) is 23.2 Å². The minimum absolute atomic E-state index is 0.101. The summed E-state index contributed by atoms with van der Waals surface area (Å²) in [7, 11) is 0. The minimum Gasteiger partial charge on any atom is -0.354 e. The predicted octanol–water partition coefficient (Wildman–Crippen LogP) is 3.31. The fraction of sp³-hybridized carbons (Fsp3) is 0.182. The molecular weight excluding hydrogens is 437 g/mol. The molecule has 0 saturated carbocycles.